The Bertz CT molecular complexity index is 1250. The molecule has 0 aliphatic heterocycles. The first-order chi connectivity index (χ1) is 14.0. The zero-order valence-corrected chi connectivity index (χ0v) is 16.9. The van der Waals surface area contributed by atoms with E-state index in [0.29, 0.717) is 26.9 Å². The zero-order valence-electron chi connectivity index (χ0n) is 15.3. The van der Waals surface area contributed by atoms with E-state index in [1.165, 1.54) is 6.20 Å². The number of thioether (sulfide) groups is 1. The first-order valence-corrected chi connectivity index (χ1v) is 10.1. The molecule has 9 heteroatoms. The number of halogens is 1. The normalized spacial score (nSPS) is 11.0. The predicted octanol–water partition coefficient (Wildman–Crippen LogP) is 3.80. The van der Waals surface area contributed by atoms with Gasteiger partial charge in [0.15, 0.2) is 10.8 Å². The third-order valence-electron chi connectivity index (χ3n) is 4.14. The van der Waals surface area contributed by atoms with Crippen LogP contribution in [0.4, 0.5) is 5.69 Å². The number of nitrogens with zero attached hydrogens (tertiary/aromatic N) is 3. The summed E-state index contributed by atoms with van der Waals surface area (Å²) in [4.78, 5) is 31.8. The number of nitrogens with one attached hydrogen (secondary N) is 2. The lowest BCUT2D eigenvalue weighted by atomic mass is 10.2. The van der Waals surface area contributed by atoms with Gasteiger partial charge in [-0.1, -0.05) is 47.1 Å². The van der Waals surface area contributed by atoms with Crippen molar-refractivity contribution in [2.75, 3.05) is 11.1 Å². The molecule has 2 N–H and O–H groups in total. The topological polar surface area (TPSA) is 92.7 Å². The zero-order chi connectivity index (χ0) is 20.4. The number of aromatic amines is 1. The summed E-state index contributed by atoms with van der Waals surface area (Å²) in [5, 5.41) is 8.32. The van der Waals surface area contributed by atoms with Gasteiger partial charge in [0.1, 0.15) is 5.39 Å². The molecule has 0 bridgehead atoms. The third-order valence-corrected chi connectivity index (χ3v) is 5.25. The van der Waals surface area contributed by atoms with Gasteiger partial charge in [-0.3, -0.25) is 9.59 Å². The molecule has 0 saturated heterocycles. The summed E-state index contributed by atoms with van der Waals surface area (Å²) >= 11 is 7.06. The minimum Gasteiger partial charge on any atom is -0.325 e. The SMILES string of the molecule is Cc1ccc(-n2ncc3c(=O)[nH]c(SCC(=O)Nc4cccc(Cl)c4)nc32)cc1. The number of fused-ring (bicyclic) bond motifs is 1. The average molecular weight is 426 g/mol. The number of carbonyl (C=O) groups is 1. The molecule has 0 spiro atoms. The Balaban J connectivity index is 1.55. The lowest BCUT2D eigenvalue weighted by molar-refractivity contribution is -0.113. The van der Waals surface area contributed by atoms with Gasteiger partial charge in [0.05, 0.1) is 17.6 Å². The number of aromatic nitrogens is 4. The summed E-state index contributed by atoms with van der Waals surface area (Å²) in [5.41, 5.74) is 2.68. The quantitative estimate of drug-likeness (QED) is 0.374. The molecule has 0 fully saturated rings. The molecule has 0 atom stereocenters. The highest BCUT2D eigenvalue weighted by Crippen LogP contribution is 2.19. The van der Waals surface area contributed by atoms with Crippen molar-refractivity contribution < 1.29 is 4.79 Å². The lowest BCUT2D eigenvalue weighted by Gasteiger charge is -2.06. The summed E-state index contributed by atoms with van der Waals surface area (Å²) in [7, 11) is 0. The van der Waals surface area contributed by atoms with Crippen LogP contribution < -0.4 is 10.9 Å². The van der Waals surface area contributed by atoms with Gasteiger partial charge in [-0.25, -0.2) is 9.67 Å². The van der Waals surface area contributed by atoms with E-state index >= 15 is 0 Å². The molecule has 2 aromatic carbocycles. The molecule has 29 heavy (non-hydrogen) atoms. The van der Waals surface area contributed by atoms with Crippen LogP contribution in [0, 0.1) is 6.92 Å². The molecular weight excluding hydrogens is 410 g/mol. The van der Waals surface area contributed by atoms with Gasteiger partial charge in [-0.15, -0.1) is 0 Å². The summed E-state index contributed by atoms with van der Waals surface area (Å²) in [6, 6.07) is 14.7. The van der Waals surface area contributed by atoms with E-state index in [4.69, 9.17) is 11.6 Å². The Hall–Kier alpha value is -3.10. The fraction of sp³-hybridized carbons (Fsp3) is 0.100. The number of hydrogen-bond acceptors (Lipinski definition) is 5. The van der Waals surface area contributed by atoms with E-state index in [9.17, 15) is 9.59 Å². The second kappa shape index (κ2) is 8.10. The molecule has 1 amide bonds. The Morgan fingerprint density at radius 2 is 2.03 bits per heavy atom. The summed E-state index contributed by atoms with van der Waals surface area (Å²) in [5.74, 6) is -0.147. The summed E-state index contributed by atoms with van der Waals surface area (Å²) < 4.78 is 1.61. The van der Waals surface area contributed by atoms with E-state index in [1.807, 2.05) is 31.2 Å². The van der Waals surface area contributed by atoms with Gasteiger partial charge < -0.3 is 10.3 Å². The van der Waals surface area contributed by atoms with Crippen molar-refractivity contribution in [3.05, 3.63) is 75.7 Å². The minimum atomic E-state index is -0.300. The fourth-order valence-electron chi connectivity index (χ4n) is 2.74. The number of benzene rings is 2. The van der Waals surface area contributed by atoms with Crippen molar-refractivity contribution in [1.29, 1.82) is 0 Å². The number of anilines is 1. The average Bonchev–Trinajstić information content (AvgIpc) is 3.12. The molecule has 0 saturated carbocycles. The molecule has 4 rings (SSSR count). The van der Waals surface area contributed by atoms with Gasteiger partial charge in [-0.2, -0.15) is 5.10 Å². The maximum absolute atomic E-state index is 12.4. The molecule has 0 aliphatic rings. The summed E-state index contributed by atoms with van der Waals surface area (Å²) in [6.07, 6.45) is 1.49. The molecule has 2 aromatic heterocycles. The van der Waals surface area contributed by atoms with Crippen LogP contribution in [0.2, 0.25) is 5.02 Å². The Labute approximate surface area is 175 Å². The van der Waals surface area contributed by atoms with Gasteiger partial charge in [0, 0.05) is 10.7 Å². The maximum atomic E-state index is 12.4. The van der Waals surface area contributed by atoms with Crippen LogP contribution in [0.3, 0.4) is 0 Å². The highest BCUT2D eigenvalue weighted by molar-refractivity contribution is 7.99. The van der Waals surface area contributed by atoms with Crippen LogP contribution in [-0.2, 0) is 4.79 Å². The number of rotatable bonds is 5. The van der Waals surface area contributed by atoms with Gasteiger partial charge >= 0.3 is 0 Å². The smallest absolute Gasteiger partial charge is 0.262 e. The first kappa shape index (κ1) is 19.2. The highest BCUT2D eigenvalue weighted by Gasteiger charge is 2.13. The maximum Gasteiger partial charge on any atom is 0.262 e. The van der Waals surface area contributed by atoms with Crippen molar-refractivity contribution in [3.8, 4) is 5.69 Å². The van der Waals surface area contributed by atoms with E-state index in [1.54, 1.807) is 28.9 Å². The van der Waals surface area contributed by atoms with Crippen LogP contribution in [0.15, 0.2) is 64.7 Å². The Kier molecular flexibility index (Phi) is 5.37. The first-order valence-electron chi connectivity index (χ1n) is 8.73. The molecule has 0 radical (unpaired) electrons. The van der Waals surface area contributed by atoms with Crippen LogP contribution in [0.25, 0.3) is 16.7 Å². The molecule has 4 aromatic rings. The van der Waals surface area contributed by atoms with E-state index in [-0.39, 0.29) is 17.2 Å². The number of hydrogen-bond donors (Lipinski definition) is 2. The number of H-pyrrole nitrogens is 1. The predicted molar refractivity (Wildman–Crippen MR) is 115 cm³/mol. The minimum absolute atomic E-state index is 0.0830. The molecule has 2 heterocycles. The Morgan fingerprint density at radius 3 is 2.79 bits per heavy atom. The van der Waals surface area contributed by atoms with E-state index < -0.39 is 0 Å². The molecule has 0 aliphatic carbocycles. The van der Waals surface area contributed by atoms with Crippen LogP contribution in [-0.4, -0.2) is 31.4 Å². The number of carbonyl (C=O) groups excluding carboxylic acids is 1. The number of amides is 1. The molecule has 7 nitrogen and oxygen atoms in total. The largest absolute Gasteiger partial charge is 0.325 e. The van der Waals surface area contributed by atoms with E-state index in [0.717, 1.165) is 23.0 Å². The van der Waals surface area contributed by atoms with Crippen molar-refractivity contribution >= 4 is 46.0 Å². The number of aryl methyl sites for hydroxylation is 1. The van der Waals surface area contributed by atoms with Crippen molar-refractivity contribution in [1.82, 2.24) is 19.7 Å². The standard InChI is InChI=1S/C20H16ClN5O2S/c1-12-5-7-15(8-6-12)26-18-16(10-22-26)19(28)25-20(24-18)29-11-17(27)23-14-4-2-3-13(21)9-14/h2-10H,11H2,1H3,(H,23,27)(H,24,25,28). The van der Waals surface area contributed by atoms with Crippen molar-refractivity contribution in [2.45, 2.75) is 12.1 Å². The fourth-order valence-corrected chi connectivity index (χ4v) is 3.58. The van der Waals surface area contributed by atoms with Gasteiger partial charge in [-0.05, 0) is 37.3 Å². The van der Waals surface area contributed by atoms with Crippen LogP contribution in [0.1, 0.15) is 5.56 Å². The molecule has 146 valence electrons. The van der Waals surface area contributed by atoms with Crippen molar-refractivity contribution in [3.63, 3.8) is 0 Å². The van der Waals surface area contributed by atoms with Gasteiger partial charge in [0.2, 0.25) is 5.91 Å². The Morgan fingerprint density at radius 1 is 1.24 bits per heavy atom. The monoisotopic (exact) mass is 425 g/mol. The van der Waals surface area contributed by atoms with Crippen LogP contribution >= 0.6 is 23.4 Å². The van der Waals surface area contributed by atoms with Crippen LogP contribution in [0.5, 0.6) is 0 Å². The summed E-state index contributed by atoms with van der Waals surface area (Å²) in [6.45, 7) is 2.00. The molecule has 0 unspecified atom stereocenters. The second-order valence-electron chi connectivity index (χ2n) is 6.35. The highest BCUT2D eigenvalue weighted by atomic mass is 35.5. The van der Waals surface area contributed by atoms with Crippen molar-refractivity contribution in [2.24, 2.45) is 0 Å². The van der Waals surface area contributed by atoms with Gasteiger partial charge in [0.25, 0.3) is 5.56 Å². The lowest BCUT2D eigenvalue weighted by Crippen LogP contribution is -2.15. The second-order valence-corrected chi connectivity index (χ2v) is 7.75. The molecular formula is C20H16ClN5O2S. The third kappa shape index (κ3) is 4.33. The van der Waals surface area contributed by atoms with E-state index in [2.05, 4.69) is 20.4 Å².